The Labute approximate surface area is 123 Å². The van der Waals surface area contributed by atoms with E-state index in [1.807, 2.05) is 0 Å². The van der Waals surface area contributed by atoms with Crippen LogP contribution in [-0.2, 0) is 10.0 Å². The molecule has 2 heterocycles. The van der Waals surface area contributed by atoms with Crippen molar-refractivity contribution in [1.82, 2.24) is 19.4 Å². The third-order valence-corrected chi connectivity index (χ3v) is 5.76. The lowest BCUT2D eigenvalue weighted by atomic mass is 10.3. The maximum atomic E-state index is 12.7. The molecule has 2 N–H and O–H groups in total. The number of carboxylic acids is 1. The fourth-order valence-corrected chi connectivity index (χ4v) is 4.18. The molecule has 0 radical (unpaired) electrons. The molecule has 1 aliphatic heterocycles. The molecule has 1 fully saturated rings. The van der Waals surface area contributed by atoms with Crippen molar-refractivity contribution in [3.8, 4) is 0 Å². The van der Waals surface area contributed by atoms with Gasteiger partial charge in [0, 0.05) is 32.2 Å². The summed E-state index contributed by atoms with van der Waals surface area (Å²) in [6, 6.07) is 0.361. The molecule has 8 nitrogen and oxygen atoms in total. The summed E-state index contributed by atoms with van der Waals surface area (Å²) in [5, 5.41) is 15.1. The molecule has 118 valence electrons. The minimum atomic E-state index is -3.84. The highest BCUT2D eigenvalue weighted by atomic mass is 32.2. The van der Waals surface area contributed by atoms with Crippen LogP contribution in [0.15, 0.2) is 4.90 Å². The molecule has 0 atom stereocenters. The first-order chi connectivity index (χ1) is 9.75. The van der Waals surface area contributed by atoms with Crippen molar-refractivity contribution in [2.45, 2.75) is 31.7 Å². The second kappa shape index (κ2) is 5.74. The molecule has 1 aliphatic rings. The number of hydrogen-bond donors (Lipinski definition) is 2. The van der Waals surface area contributed by atoms with Gasteiger partial charge in [0.2, 0.25) is 10.0 Å². The average molecular weight is 316 g/mol. The Morgan fingerprint density at radius 3 is 2.33 bits per heavy atom. The van der Waals surface area contributed by atoms with E-state index in [4.69, 9.17) is 5.11 Å². The van der Waals surface area contributed by atoms with Crippen LogP contribution in [0, 0.1) is 6.92 Å². The van der Waals surface area contributed by atoms with Gasteiger partial charge in [-0.15, -0.1) is 0 Å². The number of piperazine rings is 1. The quantitative estimate of drug-likeness (QED) is 0.818. The van der Waals surface area contributed by atoms with E-state index in [1.54, 1.807) is 0 Å². The number of aromatic nitrogens is 2. The smallest absolute Gasteiger partial charge is 0.357 e. The molecule has 0 saturated carbocycles. The van der Waals surface area contributed by atoms with E-state index >= 15 is 0 Å². The van der Waals surface area contributed by atoms with Gasteiger partial charge < -0.3 is 5.11 Å². The van der Waals surface area contributed by atoms with Crippen LogP contribution in [-0.4, -0.2) is 71.1 Å². The minimum Gasteiger partial charge on any atom is -0.476 e. The lowest BCUT2D eigenvalue weighted by Crippen LogP contribution is -2.50. The van der Waals surface area contributed by atoms with Gasteiger partial charge in [-0.2, -0.15) is 9.40 Å². The molecule has 0 aliphatic carbocycles. The van der Waals surface area contributed by atoms with Crippen molar-refractivity contribution in [1.29, 1.82) is 0 Å². The summed E-state index contributed by atoms with van der Waals surface area (Å²) < 4.78 is 26.6. The van der Waals surface area contributed by atoms with E-state index in [0.29, 0.717) is 32.2 Å². The van der Waals surface area contributed by atoms with Gasteiger partial charge in [-0.05, 0) is 20.8 Å². The molecule has 0 aromatic carbocycles. The van der Waals surface area contributed by atoms with Crippen LogP contribution in [0.1, 0.15) is 30.0 Å². The topological polar surface area (TPSA) is 107 Å². The van der Waals surface area contributed by atoms with Gasteiger partial charge in [-0.25, -0.2) is 13.2 Å². The summed E-state index contributed by atoms with van der Waals surface area (Å²) in [5.74, 6) is -1.35. The third kappa shape index (κ3) is 2.94. The third-order valence-electron chi connectivity index (χ3n) is 3.70. The van der Waals surface area contributed by atoms with Gasteiger partial charge in [0.15, 0.2) is 5.69 Å². The first kappa shape index (κ1) is 15.9. The van der Waals surface area contributed by atoms with Gasteiger partial charge in [0.05, 0.1) is 5.69 Å². The Hall–Kier alpha value is -1.45. The van der Waals surface area contributed by atoms with Gasteiger partial charge >= 0.3 is 5.97 Å². The number of carbonyl (C=O) groups is 1. The number of aryl methyl sites for hydroxylation is 1. The van der Waals surface area contributed by atoms with Crippen LogP contribution in [0.2, 0.25) is 0 Å². The normalized spacial score (nSPS) is 18.3. The molecular formula is C12H20N4O4S. The monoisotopic (exact) mass is 316 g/mol. The average Bonchev–Trinajstić information content (AvgIpc) is 2.81. The van der Waals surface area contributed by atoms with Crippen LogP contribution in [0.3, 0.4) is 0 Å². The predicted octanol–water partition coefficient (Wildman–Crippen LogP) is 0.131. The van der Waals surface area contributed by atoms with Gasteiger partial charge in [-0.3, -0.25) is 10.00 Å². The summed E-state index contributed by atoms with van der Waals surface area (Å²) in [6.45, 7) is 7.61. The first-order valence-electron chi connectivity index (χ1n) is 6.77. The summed E-state index contributed by atoms with van der Waals surface area (Å²) in [5.41, 5.74) is -0.197. The van der Waals surface area contributed by atoms with Crippen molar-refractivity contribution < 1.29 is 18.3 Å². The van der Waals surface area contributed by atoms with E-state index in [0.717, 1.165) is 0 Å². The summed E-state index contributed by atoms with van der Waals surface area (Å²) in [4.78, 5) is 13.1. The molecule has 0 spiro atoms. The predicted molar refractivity (Wildman–Crippen MR) is 75.8 cm³/mol. The fourth-order valence-electron chi connectivity index (χ4n) is 2.47. The van der Waals surface area contributed by atoms with Gasteiger partial charge in [0.1, 0.15) is 4.90 Å². The zero-order chi connectivity index (χ0) is 15.8. The van der Waals surface area contributed by atoms with E-state index in [2.05, 4.69) is 28.9 Å². The summed E-state index contributed by atoms with van der Waals surface area (Å²) >= 11 is 0. The second-order valence-corrected chi connectivity index (χ2v) is 7.24. The Bertz CT molecular complexity index is 630. The number of aromatic carboxylic acids is 1. The minimum absolute atomic E-state index is 0.229. The largest absolute Gasteiger partial charge is 0.476 e. The lowest BCUT2D eigenvalue weighted by Gasteiger charge is -2.36. The molecule has 9 heteroatoms. The van der Waals surface area contributed by atoms with Crippen molar-refractivity contribution in [3.63, 3.8) is 0 Å². The highest BCUT2D eigenvalue weighted by Crippen LogP contribution is 2.23. The van der Waals surface area contributed by atoms with E-state index < -0.39 is 21.7 Å². The van der Waals surface area contributed by atoms with Crippen LogP contribution >= 0.6 is 0 Å². The van der Waals surface area contributed by atoms with Crippen LogP contribution in [0.5, 0.6) is 0 Å². The Morgan fingerprint density at radius 1 is 1.29 bits per heavy atom. The Balaban J connectivity index is 2.28. The number of H-pyrrole nitrogens is 1. The first-order valence-corrected chi connectivity index (χ1v) is 8.21. The maximum Gasteiger partial charge on any atom is 0.357 e. The molecule has 2 rings (SSSR count). The highest BCUT2D eigenvalue weighted by molar-refractivity contribution is 7.89. The van der Waals surface area contributed by atoms with Crippen molar-refractivity contribution in [2.75, 3.05) is 26.2 Å². The zero-order valence-electron chi connectivity index (χ0n) is 12.3. The van der Waals surface area contributed by atoms with E-state index in [9.17, 15) is 13.2 Å². The van der Waals surface area contributed by atoms with Gasteiger partial charge in [0.25, 0.3) is 0 Å². The summed E-state index contributed by atoms with van der Waals surface area (Å²) in [6.07, 6.45) is 0. The number of nitrogens with one attached hydrogen (secondary N) is 1. The summed E-state index contributed by atoms with van der Waals surface area (Å²) in [7, 11) is -3.84. The van der Waals surface area contributed by atoms with Crippen molar-refractivity contribution >= 4 is 16.0 Å². The SMILES string of the molecule is Cc1[nH]nc(C(=O)O)c1S(=O)(=O)N1CCN(C(C)C)CC1. The van der Waals surface area contributed by atoms with Gasteiger partial charge in [-0.1, -0.05) is 0 Å². The van der Waals surface area contributed by atoms with Crippen LogP contribution in [0.4, 0.5) is 0 Å². The zero-order valence-corrected chi connectivity index (χ0v) is 13.1. The lowest BCUT2D eigenvalue weighted by molar-refractivity contribution is 0.0686. The number of carboxylic acid groups (broad SMARTS) is 1. The number of sulfonamides is 1. The molecule has 1 saturated heterocycles. The Kier molecular flexibility index (Phi) is 4.35. The number of hydrogen-bond acceptors (Lipinski definition) is 5. The number of nitrogens with zero attached hydrogens (tertiary/aromatic N) is 3. The van der Waals surface area contributed by atoms with Crippen LogP contribution in [0.25, 0.3) is 0 Å². The molecule has 0 unspecified atom stereocenters. The van der Waals surface area contributed by atoms with E-state index in [-0.39, 0.29) is 10.6 Å². The van der Waals surface area contributed by atoms with Crippen molar-refractivity contribution in [2.24, 2.45) is 0 Å². The molecule has 0 amide bonds. The molecule has 0 bridgehead atoms. The molecule has 21 heavy (non-hydrogen) atoms. The molecule has 1 aromatic rings. The Morgan fingerprint density at radius 2 is 1.86 bits per heavy atom. The number of aromatic amines is 1. The van der Waals surface area contributed by atoms with Crippen molar-refractivity contribution in [3.05, 3.63) is 11.4 Å². The molecule has 1 aromatic heterocycles. The maximum absolute atomic E-state index is 12.7. The standard InChI is InChI=1S/C12H20N4O4S/c1-8(2)15-4-6-16(7-5-15)21(19,20)11-9(3)13-14-10(11)12(17)18/h8H,4-7H2,1-3H3,(H,13,14)(H,17,18). The fraction of sp³-hybridized carbons (Fsp3) is 0.667. The molecular weight excluding hydrogens is 296 g/mol. The highest BCUT2D eigenvalue weighted by Gasteiger charge is 2.35. The second-order valence-electron chi connectivity index (χ2n) is 5.37. The number of rotatable bonds is 4. The van der Waals surface area contributed by atoms with Crippen LogP contribution < -0.4 is 0 Å². The van der Waals surface area contributed by atoms with E-state index in [1.165, 1.54) is 11.2 Å².